The van der Waals surface area contributed by atoms with Crippen LogP contribution < -0.4 is 10.2 Å². The zero-order valence-electron chi connectivity index (χ0n) is 13.2. The monoisotopic (exact) mass is 338 g/mol. The fraction of sp³-hybridized carbons (Fsp3) is 0.294. The summed E-state index contributed by atoms with van der Waals surface area (Å²) in [6.07, 6.45) is 9.36. The summed E-state index contributed by atoms with van der Waals surface area (Å²) in [5.74, 6) is 2.20. The first-order valence-corrected chi connectivity index (χ1v) is 8.91. The van der Waals surface area contributed by atoms with E-state index in [1.165, 1.54) is 0 Å². The van der Waals surface area contributed by atoms with E-state index in [1.807, 2.05) is 24.4 Å². The highest BCUT2D eigenvalue weighted by Crippen LogP contribution is 2.31. The van der Waals surface area contributed by atoms with Crippen LogP contribution >= 0.6 is 11.3 Å². The lowest BCUT2D eigenvalue weighted by atomic mass is 9.95. The van der Waals surface area contributed by atoms with Crippen LogP contribution in [0, 0.1) is 0 Å². The Labute approximate surface area is 144 Å². The average molecular weight is 338 g/mol. The van der Waals surface area contributed by atoms with Gasteiger partial charge in [0.25, 0.3) is 0 Å². The maximum atomic E-state index is 4.76. The number of thiazole rings is 1. The molecule has 6 nitrogen and oxygen atoms in total. The Kier molecular flexibility index (Phi) is 4.33. The molecule has 0 unspecified atom stereocenters. The van der Waals surface area contributed by atoms with Gasteiger partial charge < -0.3 is 10.2 Å². The number of piperidine rings is 1. The van der Waals surface area contributed by atoms with Crippen molar-refractivity contribution in [1.82, 2.24) is 19.9 Å². The summed E-state index contributed by atoms with van der Waals surface area (Å²) < 4.78 is 0. The van der Waals surface area contributed by atoms with Crippen LogP contribution in [0.5, 0.6) is 0 Å². The number of pyridine rings is 1. The molecule has 0 aromatic carbocycles. The molecule has 0 saturated carbocycles. The van der Waals surface area contributed by atoms with Crippen molar-refractivity contribution in [3.8, 4) is 0 Å². The molecule has 1 saturated heterocycles. The predicted molar refractivity (Wildman–Crippen MR) is 95.9 cm³/mol. The lowest BCUT2D eigenvalue weighted by Crippen LogP contribution is -2.35. The van der Waals surface area contributed by atoms with Gasteiger partial charge in [0.15, 0.2) is 5.13 Å². The molecule has 4 rings (SSSR count). The summed E-state index contributed by atoms with van der Waals surface area (Å²) in [6.45, 7) is 1.96. The van der Waals surface area contributed by atoms with Crippen LogP contribution in [0.25, 0.3) is 0 Å². The molecule has 122 valence electrons. The van der Waals surface area contributed by atoms with Gasteiger partial charge in [-0.1, -0.05) is 6.07 Å². The Bertz CT molecular complexity index is 776. The minimum Gasteiger partial charge on any atom is -0.355 e. The van der Waals surface area contributed by atoms with Gasteiger partial charge in [-0.2, -0.15) is 0 Å². The van der Waals surface area contributed by atoms with E-state index in [4.69, 9.17) is 4.98 Å². The smallest absolute Gasteiger partial charge is 0.188 e. The van der Waals surface area contributed by atoms with E-state index in [1.54, 1.807) is 29.9 Å². The van der Waals surface area contributed by atoms with Crippen LogP contribution in [0.4, 0.5) is 16.8 Å². The molecule has 0 aliphatic carbocycles. The molecule has 0 radical (unpaired) electrons. The first-order chi connectivity index (χ1) is 11.9. The van der Waals surface area contributed by atoms with Gasteiger partial charge in [-0.25, -0.2) is 15.0 Å². The van der Waals surface area contributed by atoms with Crippen LogP contribution in [-0.4, -0.2) is 33.0 Å². The lowest BCUT2D eigenvalue weighted by Gasteiger charge is -2.32. The molecule has 3 aromatic heterocycles. The zero-order valence-corrected chi connectivity index (χ0v) is 14.0. The molecule has 0 spiro atoms. The highest BCUT2D eigenvalue weighted by Gasteiger charge is 2.24. The van der Waals surface area contributed by atoms with E-state index in [0.717, 1.165) is 48.4 Å². The van der Waals surface area contributed by atoms with Crippen LogP contribution in [0.1, 0.15) is 24.5 Å². The Morgan fingerprint density at radius 2 is 2.17 bits per heavy atom. The summed E-state index contributed by atoms with van der Waals surface area (Å²) in [5.41, 5.74) is 1.15. The molecule has 7 heteroatoms. The number of nitrogens with one attached hydrogen (secondary N) is 1. The zero-order chi connectivity index (χ0) is 16.2. The summed E-state index contributed by atoms with van der Waals surface area (Å²) in [5, 5.41) is 6.30. The van der Waals surface area contributed by atoms with Gasteiger partial charge in [0.05, 0.1) is 11.9 Å². The molecule has 0 bridgehead atoms. The first-order valence-electron chi connectivity index (χ1n) is 8.03. The lowest BCUT2D eigenvalue weighted by molar-refractivity contribution is 0.500. The number of aromatic nitrogens is 4. The second-order valence-corrected chi connectivity index (χ2v) is 6.62. The maximum Gasteiger partial charge on any atom is 0.188 e. The molecule has 1 atom stereocenters. The van der Waals surface area contributed by atoms with Crippen molar-refractivity contribution < 1.29 is 0 Å². The van der Waals surface area contributed by atoms with E-state index >= 15 is 0 Å². The minimum absolute atomic E-state index is 0.427. The van der Waals surface area contributed by atoms with Gasteiger partial charge in [-0.15, -0.1) is 11.3 Å². The van der Waals surface area contributed by atoms with E-state index in [0.29, 0.717) is 5.92 Å². The summed E-state index contributed by atoms with van der Waals surface area (Å²) in [4.78, 5) is 19.9. The van der Waals surface area contributed by atoms with Crippen LogP contribution in [0.3, 0.4) is 0 Å². The van der Waals surface area contributed by atoms with Crippen LogP contribution in [0.15, 0.2) is 48.4 Å². The Morgan fingerprint density at radius 1 is 1.17 bits per heavy atom. The molecular weight excluding hydrogens is 320 g/mol. The Hall–Kier alpha value is -2.54. The summed E-state index contributed by atoms with van der Waals surface area (Å²) >= 11 is 1.63. The molecule has 24 heavy (non-hydrogen) atoms. The minimum atomic E-state index is 0.427. The van der Waals surface area contributed by atoms with Gasteiger partial charge >= 0.3 is 0 Å². The molecular formula is C17H18N6S. The molecule has 0 amide bonds. The summed E-state index contributed by atoms with van der Waals surface area (Å²) in [7, 11) is 0. The number of rotatable bonds is 4. The molecule has 1 N–H and O–H groups in total. The largest absolute Gasteiger partial charge is 0.355 e. The van der Waals surface area contributed by atoms with Crippen molar-refractivity contribution in [3.63, 3.8) is 0 Å². The highest BCUT2D eigenvalue weighted by molar-refractivity contribution is 7.13. The quantitative estimate of drug-likeness (QED) is 0.786. The first kappa shape index (κ1) is 15.0. The number of hydrogen-bond acceptors (Lipinski definition) is 7. The molecule has 4 heterocycles. The van der Waals surface area contributed by atoms with Gasteiger partial charge in [0, 0.05) is 43.0 Å². The molecule has 3 aromatic rings. The van der Waals surface area contributed by atoms with E-state index in [-0.39, 0.29) is 0 Å². The second-order valence-electron chi connectivity index (χ2n) is 5.77. The van der Waals surface area contributed by atoms with Crippen molar-refractivity contribution in [3.05, 3.63) is 54.1 Å². The van der Waals surface area contributed by atoms with Gasteiger partial charge in [-0.3, -0.25) is 4.98 Å². The van der Waals surface area contributed by atoms with Gasteiger partial charge in [0.2, 0.25) is 0 Å². The van der Waals surface area contributed by atoms with Crippen molar-refractivity contribution in [2.75, 3.05) is 23.3 Å². The third-order valence-corrected chi connectivity index (χ3v) is 4.91. The Balaban J connectivity index is 1.46. The Morgan fingerprint density at radius 3 is 3.00 bits per heavy atom. The summed E-state index contributed by atoms with van der Waals surface area (Å²) in [6, 6.07) is 5.81. The van der Waals surface area contributed by atoms with Gasteiger partial charge in [0.1, 0.15) is 11.6 Å². The van der Waals surface area contributed by atoms with Crippen LogP contribution in [-0.2, 0) is 0 Å². The highest BCUT2D eigenvalue weighted by atomic mass is 32.1. The number of nitrogens with zero attached hydrogens (tertiary/aromatic N) is 5. The second kappa shape index (κ2) is 6.92. The molecule has 1 aliphatic heterocycles. The number of hydrogen-bond donors (Lipinski definition) is 1. The van der Waals surface area contributed by atoms with Crippen molar-refractivity contribution in [2.24, 2.45) is 0 Å². The topological polar surface area (TPSA) is 66.8 Å². The predicted octanol–water partition coefficient (Wildman–Crippen LogP) is 3.46. The fourth-order valence-electron chi connectivity index (χ4n) is 2.96. The van der Waals surface area contributed by atoms with Gasteiger partial charge in [-0.05, 0) is 25.0 Å². The van der Waals surface area contributed by atoms with E-state index < -0.39 is 0 Å². The maximum absolute atomic E-state index is 4.76. The number of anilines is 3. The van der Waals surface area contributed by atoms with E-state index in [2.05, 4.69) is 30.5 Å². The molecule has 1 aliphatic rings. The van der Waals surface area contributed by atoms with Crippen molar-refractivity contribution in [2.45, 2.75) is 18.8 Å². The third kappa shape index (κ3) is 3.35. The molecule has 1 fully saturated rings. The standard InChI is InChI=1S/C17H18N6S/c1-2-6-19-15(5-1)22-17-21-14(12-24-17)13-4-3-9-23(11-13)16-10-18-7-8-20-16/h1-2,5-8,10,12-13H,3-4,9,11H2,(H,19,21,22)/t13-/m0/s1. The van der Waals surface area contributed by atoms with Crippen molar-refractivity contribution in [1.29, 1.82) is 0 Å². The van der Waals surface area contributed by atoms with Crippen molar-refractivity contribution >= 4 is 28.1 Å². The average Bonchev–Trinajstić information content (AvgIpc) is 3.12. The van der Waals surface area contributed by atoms with E-state index in [9.17, 15) is 0 Å². The SMILES string of the molecule is c1ccc(Nc2nc([C@H]3CCCN(c4cnccn4)C3)cs2)nc1. The fourth-order valence-corrected chi connectivity index (χ4v) is 3.76. The van der Waals surface area contributed by atoms with Crippen LogP contribution in [0.2, 0.25) is 0 Å². The third-order valence-electron chi connectivity index (χ3n) is 4.14. The normalized spacial score (nSPS) is 17.7.